The number of rotatable bonds is 4. The molecule has 2 saturated heterocycles. The van der Waals surface area contributed by atoms with E-state index >= 15 is 0 Å². The Morgan fingerprint density at radius 3 is 2.95 bits per heavy atom. The van der Waals surface area contributed by atoms with E-state index in [0.29, 0.717) is 18.9 Å². The molecule has 1 unspecified atom stereocenters. The van der Waals surface area contributed by atoms with Crippen LogP contribution in [0.4, 0.5) is 0 Å². The minimum atomic E-state index is -0.260. The average Bonchev–Trinajstić information content (AvgIpc) is 2.45. The molecule has 0 aromatic rings. The van der Waals surface area contributed by atoms with Crippen molar-refractivity contribution in [2.75, 3.05) is 26.2 Å². The third-order valence-corrected chi connectivity index (χ3v) is 4.21. The molecule has 2 aliphatic heterocycles. The number of amides is 2. The topological polar surface area (TPSA) is 84.7 Å². The number of carbonyl (C=O) groups excluding carboxylic acids is 2. The lowest BCUT2D eigenvalue weighted by Gasteiger charge is -2.38. The summed E-state index contributed by atoms with van der Waals surface area (Å²) in [5.41, 5.74) is 5.19. The number of hydrogen-bond acceptors (Lipinski definition) is 4. The zero-order valence-corrected chi connectivity index (χ0v) is 12.1. The van der Waals surface area contributed by atoms with Gasteiger partial charge in [-0.1, -0.05) is 0 Å². The van der Waals surface area contributed by atoms with Crippen LogP contribution in [0, 0.1) is 5.92 Å². The van der Waals surface area contributed by atoms with Gasteiger partial charge in [0.1, 0.15) is 6.04 Å². The number of hydrogen-bond donors (Lipinski definition) is 2. The SMILES string of the molecule is C[C@H]1OCCN[C@@H]1C(=O)N1CCCC(CCC(N)=O)C1. The van der Waals surface area contributed by atoms with Crippen molar-refractivity contribution >= 4 is 11.8 Å². The summed E-state index contributed by atoms with van der Waals surface area (Å²) in [6, 6.07) is -0.237. The van der Waals surface area contributed by atoms with Gasteiger partial charge >= 0.3 is 0 Å². The van der Waals surface area contributed by atoms with Crippen LogP contribution in [0.15, 0.2) is 0 Å². The molecule has 2 amide bonds. The third-order valence-electron chi connectivity index (χ3n) is 4.21. The van der Waals surface area contributed by atoms with Crippen molar-refractivity contribution in [1.29, 1.82) is 0 Å². The summed E-state index contributed by atoms with van der Waals surface area (Å²) in [7, 11) is 0. The first kappa shape index (κ1) is 15.3. The standard InChI is InChI=1S/C14H25N3O3/c1-10-13(16-6-8-20-10)14(19)17-7-2-3-11(9-17)4-5-12(15)18/h10-11,13,16H,2-9H2,1H3,(H2,15,18)/t10-,11?,13+/m1/s1. The fourth-order valence-electron chi connectivity index (χ4n) is 3.05. The highest BCUT2D eigenvalue weighted by atomic mass is 16.5. The normalized spacial score (nSPS) is 31.1. The van der Waals surface area contributed by atoms with Crippen LogP contribution in [0.25, 0.3) is 0 Å². The van der Waals surface area contributed by atoms with Crippen molar-refractivity contribution in [2.24, 2.45) is 11.7 Å². The zero-order valence-electron chi connectivity index (χ0n) is 12.1. The predicted octanol–water partition coefficient (Wildman–Crippen LogP) is -0.133. The molecule has 2 rings (SSSR count). The lowest BCUT2D eigenvalue weighted by Crippen LogP contribution is -2.57. The fourth-order valence-corrected chi connectivity index (χ4v) is 3.05. The van der Waals surface area contributed by atoms with E-state index in [9.17, 15) is 9.59 Å². The molecule has 0 spiro atoms. The number of carbonyl (C=O) groups is 2. The summed E-state index contributed by atoms with van der Waals surface area (Å²) in [4.78, 5) is 25.3. The second-order valence-corrected chi connectivity index (χ2v) is 5.81. The molecule has 6 nitrogen and oxygen atoms in total. The molecule has 2 aliphatic rings. The number of likely N-dealkylation sites (tertiary alicyclic amines) is 1. The quantitative estimate of drug-likeness (QED) is 0.752. The van der Waals surface area contributed by atoms with Crippen LogP contribution in [0.1, 0.15) is 32.6 Å². The van der Waals surface area contributed by atoms with Crippen LogP contribution in [-0.2, 0) is 14.3 Å². The Balaban J connectivity index is 1.87. The number of primary amides is 1. The van der Waals surface area contributed by atoms with E-state index in [1.54, 1.807) is 0 Å². The molecule has 0 bridgehead atoms. The molecular weight excluding hydrogens is 258 g/mol. The van der Waals surface area contributed by atoms with E-state index in [1.165, 1.54) is 0 Å². The van der Waals surface area contributed by atoms with E-state index in [-0.39, 0.29) is 24.0 Å². The number of morpholine rings is 1. The summed E-state index contributed by atoms with van der Waals surface area (Å²) >= 11 is 0. The van der Waals surface area contributed by atoms with Crippen LogP contribution in [0.2, 0.25) is 0 Å². The molecule has 0 saturated carbocycles. The second kappa shape index (κ2) is 7.04. The maximum Gasteiger partial charge on any atom is 0.242 e. The molecule has 3 N–H and O–H groups in total. The molecule has 3 atom stereocenters. The second-order valence-electron chi connectivity index (χ2n) is 5.81. The molecule has 0 aliphatic carbocycles. The Morgan fingerprint density at radius 2 is 2.25 bits per heavy atom. The summed E-state index contributed by atoms with van der Waals surface area (Å²) in [6.07, 6.45) is 3.18. The molecule has 2 fully saturated rings. The number of nitrogens with two attached hydrogens (primary N) is 1. The van der Waals surface area contributed by atoms with Gasteiger partial charge < -0.3 is 20.7 Å². The molecule has 114 valence electrons. The monoisotopic (exact) mass is 283 g/mol. The lowest BCUT2D eigenvalue weighted by molar-refractivity contribution is -0.141. The highest BCUT2D eigenvalue weighted by Crippen LogP contribution is 2.22. The fraction of sp³-hybridized carbons (Fsp3) is 0.857. The van der Waals surface area contributed by atoms with Gasteiger partial charge in [-0.2, -0.15) is 0 Å². The van der Waals surface area contributed by atoms with E-state index in [4.69, 9.17) is 10.5 Å². The average molecular weight is 283 g/mol. The lowest BCUT2D eigenvalue weighted by atomic mass is 9.92. The van der Waals surface area contributed by atoms with Crippen molar-refractivity contribution in [1.82, 2.24) is 10.2 Å². The molecule has 0 aromatic heterocycles. The highest BCUT2D eigenvalue weighted by molar-refractivity contribution is 5.82. The molecule has 0 radical (unpaired) electrons. The number of ether oxygens (including phenoxy) is 1. The summed E-state index contributed by atoms with van der Waals surface area (Å²) in [6.45, 7) is 4.85. The Kier molecular flexibility index (Phi) is 5.37. The van der Waals surface area contributed by atoms with Crippen molar-refractivity contribution in [3.8, 4) is 0 Å². The van der Waals surface area contributed by atoms with E-state index in [0.717, 1.165) is 38.9 Å². The van der Waals surface area contributed by atoms with Gasteiger partial charge in [-0.25, -0.2) is 0 Å². The van der Waals surface area contributed by atoms with Gasteiger partial charge in [0.2, 0.25) is 11.8 Å². The molecule has 2 heterocycles. The first-order valence-corrected chi connectivity index (χ1v) is 7.50. The molecular formula is C14H25N3O3. The summed E-state index contributed by atoms with van der Waals surface area (Å²) in [5, 5.41) is 3.24. The summed E-state index contributed by atoms with van der Waals surface area (Å²) in [5.74, 6) is 0.255. The van der Waals surface area contributed by atoms with Gasteiger partial charge in [-0.3, -0.25) is 9.59 Å². The van der Waals surface area contributed by atoms with Crippen molar-refractivity contribution in [2.45, 2.75) is 44.8 Å². The van der Waals surface area contributed by atoms with E-state index in [2.05, 4.69) is 5.32 Å². The Bertz CT molecular complexity index is 362. The minimum Gasteiger partial charge on any atom is -0.375 e. The zero-order chi connectivity index (χ0) is 14.5. The number of nitrogens with zero attached hydrogens (tertiary/aromatic N) is 1. The van der Waals surface area contributed by atoms with E-state index < -0.39 is 0 Å². The van der Waals surface area contributed by atoms with Crippen LogP contribution >= 0.6 is 0 Å². The summed E-state index contributed by atoms with van der Waals surface area (Å²) < 4.78 is 5.54. The third kappa shape index (κ3) is 3.93. The van der Waals surface area contributed by atoms with Gasteiger partial charge in [-0.15, -0.1) is 0 Å². The maximum atomic E-state index is 12.5. The predicted molar refractivity (Wildman–Crippen MR) is 74.9 cm³/mol. The Labute approximate surface area is 120 Å². The van der Waals surface area contributed by atoms with Crippen LogP contribution in [-0.4, -0.2) is 55.1 Å². The van der Waals surface area contributed by atoms with Crippen LogP contribution < -0.4 is 11.1 Å². The van der Waals surface area contributed by atoms with Crippen LogP contribution in [0.3, 0.4) is 0 Å². The van der Waals surface area contributed by atoms with Gasteiger partial charge in [0.25, 0.3) is 0 Å². The highest BCUT2D eigenvalue weighted by Gasteiger charge is 2.33. The smallest absolute Gasteiger partial charge is 0.242 e. The first-order chi connectivity index (χ1) is 9.58. The Morgan fingerprint density at radius 1 is 1.45 bits per heavy atom. The van der Waals surface area contributed by atoms with Crippen molar-refractivity contribution in [3.63, 3.8) is 0 Å². The maximum absolute atomic E-state index is 12.5. The minimum absolute atomic E-state index is 0.0813. The van der Waals surface area contributed by atoms with Crippen molar-refractivity contribution < 1.29 is 14.3 Å². The number of nitrogens with one attached hydrogen (secondary N) is 1. The van der Waals surface area contributed by atoms with Crippen molar-refractivity contribution in [3.05, 3.63) is 0 Å². The first-order valence-electron chi connectivity index (χ1n) is 7.50. The van der Waals surface area contributed by atoms with Gasteiger partial charge in [0.15, 0.2) is 0 Å². The van der Waals surface area contributed by atoms with Gasteiger partial charge in [0, 0.05) is 26.1 Å². The van der Waals surface area contributed by atoms with E-state index in [1.807, 2.05) is 11.8 Å². The number of piperidine rings is 1. The van der Waals surface area contributed by atoms with Gasteiger partial charge in [0.05, 0.1) is 12.7 Å². The molecule has 0 aromatic carbocycles. The molecule has 6 heteroatoms. The van der Waals surface area contributed by atoms with Gasteiger partial charge in [-0.05, 0) is 32.1 Å². The largest absolute Gasteiger partial charge is 0.375 e. The molecule has 20 heavy (non-hydrogen) atoms. The Hall–Kier alpha value is -1.14. The van der Waals surface area contributed by atoms with Crippen LogP contribution in [0.5, 0.6) is 0 Å².